The van der Waals surface area contributed by atoms with Crippen molar-refractivity contribution < 1.29 is 19.3 Å². The van der Waals surface area contributed by atoms with Crippen molar-refractivity contribution in [3.8, 4) is 0 Å². The first kappa shape index (κ1) is 23.8. The van der Waals surface area contributed by atoms with Gasteiger partial charge in [-0.25, -0.2) is 0 Å². The molecule has 0 amide bonds. The molecule has 0 bridgehead atoms. The van der Waals surface area contributed by atoms with Crippen molar-refractivity contribution in [3.05, 3.63) is 0 Å². The van der Waals surface area contributed by atoms with E-state index in [9.17, 15) is 5.11 Å². The van der Waals surface area contributed by atoms with Crippen molar-refractivity contribution in [2.75, 3.05) is 19.8 Å². The Kier molecular flexibility index (Phi) is 16.2. The molecule has 0 aliphatic carbocycles. The van der Waals surface area contributed by atoms with Gasteiger partial charge in [-0.3, -0.25) is 0 Å². The van der Waals surface area contributed by atoms with Crippen LogP contribution in [0.4, 0.5) is 0 Å². The summed E-state index contributed by atoms with van der Waals surface area (Å²) in [4.78, 5) is 0. The lowest BCUT2D eigenvalue weighted by atomic mass is 10.0. The Balaban J connectivity index is 3.89. The van der Waals surface area contributed by atoms with Crippen LogP contribution in [0, 0.1) is 0 Å². The minimum atomic E-state index is -1.29. The Morgan fingerprint density at radius 2 is 1.00 bits per heavy atom. The van der Waals surface area contributed by atoms with E-state index in [2.05, 4.69) is 6.92 Å². The summed E-state index contributed by atoms with van der Waals surface area (Å²) in [6.07, 6.45) is 12.7. The molecule has 0 aromatic heterocycles. The standard InChI is InChI=1S/C20H42O4/c1-5-9-10-11-12-13-14-15-16-17-18-19(21)20(22-6-2,23-7-3)24-8-4/h19,21H,5-18H2,1-4H3. The van der Waals surface area contributed by atoms with E-state index in [-0.39, 0.29) is 0 Å². The molecule has 4 nitrogen and oxygen atoms in total. The van der Waals surface area contributed by atoms with Crippen molar-refractivity contribution >= 4 is 0 Å². The molecule has 0 saturated heterocycles. The summed E-state index contributed by atoms with van der Waals surface area (Å²) < 4.78 is 16.9. The maximum Gasteiger partial charge on any atom is 0.310 e. The largest absolute Gasteiger partial charge is 0.385 e. The van der Waals surface area contributed by atoms with E-state index >= 15 is 0 Å². The average Bonchev–Trinajstić information content (AvgIpc) is 2.57. The molecule has 0 rings (SSSR count). The SMILES string of the molecule is CCCCCCCCCCCCC(O)C(OCC)(OCC)OCC. The summed E-state index contributed by atoms with van der Waals surface area (Å²) in [6.45, 7) is 9.28. The summed E-state index contributed by atoms with van der Waals surface area (Å²) >= 11 is 0. The van der Waals surface area contributed by atoms with Crippen LogP contribution in [0.3, 0.4) is 0 Å². The Morgan fingerprint density at radius 1 is 0.625 bits per heavy atom. The molecule has 0 saturated carbocycles. The molecular formula is C20H42O4. The van der Waals surface area contributed by atoms with Gasteiger partial charge in [-0.2, -0.15) is 0 Å². The molecule has 1 atom stereocenters. The van der Waals surface area contributed by atoms with Gasteiger partial charge in [0, 0.05) is 19.8 Å². The Labute approximate surface area is 150 Å². The molecule has 0 aromatic carbocycles. The lowest BCUT2D eigenvalue weighted by Gasteiger charge is -2.36. The van der Waals surface area contributed by atoms with E-state index in [0.717, 1.165) is 12.8 Å². The number of aliphatic hydroxyl groups is 1. The Hall–Kier alpha value is -0.160. The second-order valence-electron chi connectivity index (χ2n) is 6.39. The van der Waals surface area contributed by atoms with E-state index in [1.165, 1.54) is 51.4 Å². The fourth-order valence-electron chi connectivity index (χ4n) is 3.02. The normalized spacial score (nSPS) is 13.4. The topological polar surface area (TPSA) is 47.9 Å². The third kappa shape index (κ3) is 10.7. The van der Waals surface area contributed by atoms with Gasteiger partial charge in [0.25, 0.3) is 0 Å². The van der Waals surface area contributed by atoms with Gasteiger partial charge in [0.1, 0.15) is 6.10 Å². The van der Waals surface area contributed by atoms with Crippen LogP contribution in [0.2, 0.25) is 0 Å². The zero-order valence-electron chi connectivity index (χ0n) is 16.6. The summed E-state index contributed by atoms with van der Waals surface area (Å²) in [6, 6.07) is 0. The third-order valence-corrected chi connectivity index (χ3v) is 4.28. The number of hydrogen-bond donors (Lipinski definition) is 1. The number of rotatable bonds is 18. The predicted molar refractivity (Wildman–Crippen MR) is 100 cm³/mol. The van der Waals surface area contributed by atoms with Crippen molar-refractivity contribution in [2.45, 2.75) is 110 Å². The van der Waals surface area contributed by atoms with Gasteiger partial charge in [-0.1, -0.05) is 71.1 Å². The smallest absolute Gasteiger partial charge is 0.310 e. The van der Waals surface area contributed by atoms with Crippen LogP contribution in [0.1, 0.15) is 98.3 Å². The minimum absolute atomic E-state index is 0.453. The molecule has 0 heterocycles. The molecule has 0 aliphatic rings. The van der Waals surface area contributed by atoms with Crippen LogP contribution in [-0.4, -0.2) is 37.0 Å². The second kappa shape index (κ2) is 16.3. The molecular weight excluding hydrogens is 304 g/mol. The van der Waals surface area contributed by atoms with Crippen LogP contribution in [0.15, 0.2) is 0 Å². The Bertz CT molecular complexity index is 241. The molecule has 4 heteroatoms. The van der Waals surface area contributed by atoms with E-state index in [1.54, 1.807) is 0 Å². The fourth-order valence-corrected chi connectivity index (χ4v) is 3.02. The summed E-state index contributed by atoms with van der Waals surface area (Å²) in [5.41, 5.74) is 0. The van der Waals surface area contributed by atoms with Crippen LogP contribution >= 0.6 is 0 Å². The highest BCUT2D eigenvalue weighted by Crippen LogP contribution is 2.25. The molecule has 0 aromatic rings. The monoisotopic (exact) mass is 346 g/mol. The van der Waals surface area contributed by atoms with E-state index in [4.69, 9.17) is 14.2 Å². The van der Waals surface area contributed by atoms with Gasteiger partial charge < -0.3 is 19.3 Å². The number of ether oxygens (including phenoxy) is 3. The van der Waals surface area contributed by atoms with E-state index in [1.807, 2.05) is 20.8 Å². The molecule has 0 spiro atoms. The van der Waals surface area contributed by atoms with Crippen molar-refractivity contribution in [3.63, 3.8) is 0 Å². The number of aliphatic hydroxyl groups excluding tert-OH is 1. The van der Waals surface area contributed by atoms with Crippen molar-refractivity contribution in [1.82, 2.24) is 0 Å². The van der Waals surface area contributed by atoms with E-state index < -0.39 is 12.1 Å². The van der Waals surface area contributed by atoms with Crippen LogP contribution in [0.5, 0.6) is 0 Å². The molecule has 0 radical (unpaired) electrons. The molecule has 1 unspecified atom stereocenters. The zero-order valence-corrected chi connectivity index (χ0v) is 16.6. The highest BCUT2D eigenvalue weighted by molar-refractivity contribution is 4.70. The maximum absolute atomic E-state index is 10.5. The first-order chi connectivity index (χ1) is 11.7. The van der Waals surface area contributed by atoms with Gasteiger partial charge in [0.15, 0.2) is 0 Å². The van der Waals surface area contributed by atoms with E-state index in [0.29, 0.717) is 26.2 Å². The maximum atomic E-state index is 10.5. The third-order valence-electron chi connectivity index (χ3n) is 4.28. The molecule has 1 N–H and O–H groups in total. The van der Waals surface area contributed by atoms with Gasteiger partial charge in [0.2, 0.25) is 0 Å². The average molecular weight is 347 g/mol. The quantitative estimate of drug-likeness (QED) is 0.266. The summed E-state index contributed by atoms with van der Waals surface area (Å²) in [7, 11) is 0. The lowest BCUT2D eigenvalue weighted by Crippen LogP contribution is -2.50. The van der Waals surface area contributed by atoms with Crippen LogP contribution in [0.25, 0.3) is 0 Å². The van der Waals surface area contributed by atoms with Gasteiger partial charge >= 0.3 is 5.97 Å². The first-order valence-electron chi connectivity index (χ1n) is 10.3. The number of unbranched alkanes of at least 4 members (excludes halogenated alkanes) is 9. The summed E-state index contributed by atoms with van der Waals surface area (Å²) in [5, 5.41) is 10.5. The molecule has 146 valence electrons. The van der Waals surface area contributed by atoms with Gasteiger partial charge in [-0.05, 0) is 27.2 Å². The highest BCUT2D eigenvalue weighted by Gasteiger charge is 2.40. The molecule has 0 fully saturated rings. The summed E-state index contributed by atoms with van der Waals surface area (Å²) in [5.74, 6) is -1.29. The van der Waals surface area contributed by atoms with Crippen molar-refractivity contribution in [2.24, 2.45) is 0 Å². The molecule has 24 heavy (non-hydrogen) atoms. The zero-order chi connectivity index (χ0) is 18.1. The van der Waals surface area contributed by atoms with Gasteiger partial charge in [-0.15, -0.1) is 0 Å². The molecule has 0 aliphatic heterocycles. The van der Waals surface area contributed by atoms with Crippen molar-refractivity contribution in [1.29, 1.82) is 0 Å². The van der Waals surface area contributed by atoms with Crippen LogP contribution in [-0.2, 0) is 14.2 Å². The fraction of sp³-hybridized carbons (Fsp3) is 1.00. The number of hydrogen-bond acceptors (Lipinski definition) is 4. The first-order valence-corrected chi connectivity index (χ1v) is 10.3. The lowest BCUT2D eigenvalue weighted by molar-refractivity contribution is -0.410. The van der Waals surface area contributed by atoms with Gasteiger partial charge in [0.05, 0.1) is 0 Å². The second-order valence-corrected chi connectivity index (χ2v) is 6.39. The minimum Gasteiger partial charge on any atom is -0.385 e. The van der Waals surface area contributed by atoms with Crippen LogP contribution < -0.4 is 0 Å². The predicted octanol–water partition coefficient (Wildman–Crippen LogP) is 5.42. The Morgan fingerprint density at radius 3 is 1.38 bits per heavy atom. The highest BCUT2D eigenvalue weighted by atomic mass is 16.9.